The van der Waals surface area contributed by atoms with Crippen molar-refractivity contribution >= 4 is 16.7 Å². The predicted molar refractivity (Wildman–Crippen MR) is 97.5 cm³/mol. The highest BCUT2D eigenvalue weighted by molar-refractivity contribution is 5.78. The average Bonchev–Trinajstić information content (AvgIpc) is 2.59. The summed E-state index contributed by atoms with van der Waals surface area (Å²) in [6, 6.07) is 11.4. The van der Waals surface area contributed by atoms with Gasteiger partial charge in [0.2, 0.25) is 0 Å². The number of nitrogens with zero attached hydrogens (tertiary/aromatic N) is 3. The number of nitrogens with one attached hydrogen (secondary N) is 1. The summed E-state index contributed by atoms with van der Waals surface area (Å²) in [5, 5.41) is 4.42. The van der Waals surface area contributed by atoms with Gasteiger partial charge in [-0.1, -0.05) is 31.5 Å². The minimum atomic E-state index is -0.0196. The Hall–Kier alpha value is -2.69. The summed E-state index contributed by atoms with van der Waals surface area (Å²) in [5.41, 5.74) is 1.83. The number of unbranched alkanes of at least 4 members (excludes halogenated alkanes) is 1. The molecule has 1 N–H and O–H groups in total. The molecule has 0 spiro atoms. The van der Waals surface area contributed by atoms with Gasteiger partial charge in [0.15, 0.2) is 0 Å². The molecule has 0 amide bonds. The van der Waals surface area contributed by atoms with Crippen LogP contribution in [-0.4, -0.2) is 21.1 Å². The number of hydrogen-bond acceptors (Lipinski definition) is 4. The van der Waals surface area contributed by atoms with E-state index in [-0.39, 0.29) is 5.56 Å². The lowest BCUT2D eigenvalue weighted by Crippen LogP contribution is -2.21. The van der Waals surface area contributed by atoms with Gasteiger partial charge in [-0.25, -0.2) is 9.97 Å². The van der Waals surface area contributed by atoms with Crippen LogP contribution in [0, 0.1) is 6.92 Å². The molecule has 0 aliphatic heterocycles. The van der Waals surface area contributed by atoms with Crippen molar-refractivity contribution in [3.8, 4) is 0 Å². The Morgan fingerprint density at radius 1 is 1.17 bits per heavy atom. The maximum absolute atomic E-state index is 12.4. The predicted octanol–water partition coefficient (Wildman–Crippen LogP) is 3.36. The van der Waals surface area contributed by atoms with Crippen molar-refractivity contribution < 1.29 is 0 Å². The smallest absolute Gasteiger partial charge is 0.251 e. The van der Waals surface area contributed by atoms with E-state index >= 15 is 0 Å². The minimum Gasteiger partial charge on any atom is -0.370 e. The van der Waals surface area contributed by atoms with Gasteiger partial charge < -0.3 is 9.88 Å². The van der Waals surface area contributed by atoms with E-state index in [1.807, 2.05) is 43.5 Å². The Balaban J connectivity index is 2.00. The van der Waals surface area contributed by atoms with Gasteiger partial charge in [0.05, 0.1) is 12.1 Å². The van der Waals surface area contributed by atoms with E-state index in [1.54, 1.807) is 10.6 Å². The van der Waals surface area contributed by atoms with Crippen LogP contribution in [0.1, 0.15) is 31.2 Å². The van der Waals surface area contributed by atoms with Gasteiger partial charge >= 0.3 is 0 Å². The lowest BCUT2D eigenvalue weighted by molar-refractivity contribution is 0.776. The van der Waals surface area contributed by atoms with Crippen LogP contribution in [-0.2, 0) is 6.54 Å². The van der Waals surface area contributed by atoms with E-state index in [1.165, 1.54) is 0 Å². The maximum Gasteiger partial charge on any atom is 0.251 e. The first kappa shape index (κ1) is 16.2. The quantitative estimate of drug-likeness (QED) is 0.707. The standard InChI is InChI=1S/C19H22N4O/c1-3-4-11-20-19-16(12-21-14(2)22-19)13-23-17-8-6-5-7-15(17)9-10-18(23)24/h5-10,12H,3-4,11,13H2,1-2H3,(H,20,21,22). The van der Waals surface area contributed by atoms with Crippen molar-refractivity contribution in [2.24, 2.45) is 0 Å². The average molecular weight is 322 g/mol. The molecule has 24 heavy (non-hydrogen) atoms. The monoisotopic (exact) mass is 322 g/mol. The Morgan fingerprint density at radius 3 is 2.83 bits per heavy atom. The fourth-order valence-corrected chi connectivity index (χ4v) is 2.72. The SMILES string of the molecule is CCCCNc1nc(C)ncc1Cn1c(=O)ccc2ccccc21. The van der Waals surface area contributed by atoms with Crippen LogP contribution in [0.15, 0.2) is 47.4 Å². The van der Waals surface area contributed by atoms with Crippen LogP contribution < -0.4 is 10.9 Å². The van der Waals surface area contributed by atoms with Gasteiger partial charge in [0, 0.05) is 24.4 Å². The highest BCUT2D eigenvalue weighted by atomic mass is 16.1. The second kappa shape index (κ2) is 7.25. The summed E-state index contributed by atoms with van der Waals surface area (Å²) in [7, 11) is 0. The molecule has 3 aromatic rings. The summed E-state index contributed by atoms with van der Waals surface area (Å²) >= 11 is 0. The highest BCUT2D eigenvalue weighted by Crippen LogP contribution is 2.17. The molecule has 0 atom stereocenters. The Bertz CT molecular complexity index is 901. The number of fused-ring (bicyclic) bond motifs is 1. The zero-order valence-electron chi connectivity index (χ0n) is 14.1. The van der Waals surface area contributed by atoms with Crippen LogP contribution in [0.2, 0.25) is 0 Å². The van der Waals surface area contributed by atoms with Gasteiger partial charge in [-0.3, -0.25) is 4.79 Å². The maximum atomic E-state index is 12.4. The zero-order chi connectivity index (χ0) is 16.9. The lowest BCUT2D eigenvalue weighted by atomic mass is 10.2. The van der Waals surface area contributed by atoms with E-state index in [9.17, 15) is 4.79 Å². The normalized spacial score (nSPS) is 10.9. The lowest BCUT2D eigenvalue weighted by Gasteiger charge is -2.14. The zero-order valence-corrected chi connectivity index (χ0v) is 14.1. The molecule has 124 valence electrons. The third-order valence-corrected chi connectivity index (χ3v) is 4.04. The summed E-state index contributed by atoms with van der Waals surface area (Å²) < 4.78 is 1.77. The first-order chi connectivity index (χ1) is 11.7. The molecule has 3 rings (SSSR count). The van der Waals surface area contributed by atoms with Gasteiger partial charge in [0.25, 0.3) is 5.56 Å². The van der Waals surface area contributed by atoms with E-state index in [2.05, 4.69) is 22.2 Å². The molecular weight excluding hydrogens is 300 g/mol. The van der Waals surface area contributed by atoms with Gasteiger partial charge in [0.1, 0.15) is 11.6 Å². The first-order valence-electron chi connectivity index (χ1n) is 8.34. The molecule has 0 saturated heterocycles. The van der Waals surface area contributed by atoms with Gasteiger partial charge in [-0.15, -0.1) is 0 Å². The van der Waals surface area contributed by atoms with Gasteiger partial charge in [-0.05, 0) is 30.9 Å². The number of para-hydroxylation sites is 1. The molecule has 0 radical (unpaired) electrons. The summed E-state index contributed by atoms with van der Waals surface area (Å²) in [6.07, 6.45) is 4.01. The molecule has 5 nitrogen and oxygen atoms in total. The molecule has 2 aromatic heterocycles. The van der Waals surface area contributed by atoms with E-state index in [4.69, 9.17) is 0 Å². The van der Waals surface area contributed by atoms with Crippen LogP contribution >= 0.6 is 0 Å². The third kappa shape index (κ3) is 3.45. The van der Waals surface area contributed by atoms with Crippen molar-refractivity contribution in [1.29, 1.82) is 0 Å². The second-order valence-corrected chi connectivity index (χ2v) is 5.89. The van der Waals surface area contributed by atoms with E-state index < -0.39 is 0 Å². The summed E-state index contributed by atoms with van der Waals surface area (Å²) in [6.45, 7) is 5.35. The molecular formula is C19H22N4O. The fraction of sp³-hybridized carbons (Fsp3) is 0.316. The van der Waals surface area contributed by atoms with Crippen LogP contribution in [0.3, 0.4) is 0 Å². The first-order valence-corrected chi connectivity index (χ1v) is 8.34. The highest BCUT2D eigenvalue weighted by Gasteiger charge is 2.09. The molecule has 0 bridgehead atoms. The number of hydrogen-bond donors (Lipinski definition) is 1. The molecule has 2 heterocycles. The molecule has 0 fully saturated rings. The second-order valence-electron chi connectivity index (χ2n) is 5.89. The van der Waals surface area contributed by atoms with Crippen molar-refractivity contribution in [3.05, 3.63) is 64.3 Å². The third-order valence-electron chi connectivity index (χ3n) is 4.04. The molecule has 1 aromatic carbocycles. The van der Waals surface area contributed by atoms with Crippen molar-refractivity contribution in [3.63, 3.8) is 0 Å². The van der Waals surface area contributed by atoms with E-state index in [0.717, 1.165) is 47.5 Å². The molecule has 0 aliphatic rings. The molecule has 0 saturated carbocycles. The number of pyridine rings is 1. The summed E-state index contributed by atoms with van der Waals surface area (Å²) in [4.78, 5) is 21.2. The minimum absolute atomic E-state index is 0.0196. The van der Waals surface area contributed by atoms with Crippen LogP contribution in [0.25, 0.3) is 10.9 Å². The van der Waals surface area contributed by atoms with Crippen molar-refractivity contribution in [2.45, 2.75) is 33.2 Å². The van der Waals surface area contributed by atoms with Crippen LogP contribution in [0.5, 0.6) is 0 Å². The molecule has 5 heteroatoms. The van der Waals surface area contributed by atoms with E-state index in [0.29, 0.717) is 6.54 Å². The van der Waals surface area contributed by atoms with Gasteiger partial charge in [-0.2, -0.15) is 0 Å². The molecule has 0 unspecified atom stereocenters. The van der Waals surface area contributed by atoms with Crippen molar-refractivity contribution in [2.75, 3.05) is 11.9 Å². The number of anilines is 1. The number of aromatic nitrogens is 3. The Kier molecular flexibility index (Phi) is 4.89. The topological polar surface area (TPSA) is 59.8 Å². The van der Waals surface area contributed by atoms with Crippen LogP contribution in [0.4, 0.5) is 5.82 Å². The number of benzene rings is 1. The van der Waals surface area contributed by atoms with Crippen molar-refractivity contribution in [1.82, 2.24) is 14.5 Å². The summed E-state index contributed by atoms with van der Waals surface area (Å²) in [5.74, 6) is 1.54. The Morgan fingerprint density at radius 2 is 2.00 bits per heavy atom. The largest absolute Gasteiger partial charge is 0.370 e. The number of rotatable bonds is 6. The fourth-order valence-electron chi connectivity index (χ4n) is 2.72. The number of aryl methyl sites for hydroxylation is 1. The molecule has 0 aliphatic carbocycles. The Labute approximate surface area is 141 Å².